The molecule has 0 unspecified atom stereocenters. The second-order valence-electron chi connectivity index (χ2n) is 10.7. The van der Waals surface area contributed by atoms with Gasteiger partial charge in [0.2, 0.25) is 11.8 Å². The number of hydrogen-bond donors (Lipinski definition) is 1. The van der Waals surface area contributed by atoms with E-state index in [0.717, 1.165) is 15.4 Å². The van der Waals surface area contributed by atoms with E-state index in [-0.39, 0.29) is 23.0 Å². The molecule has 8 nitrogen and oxygen atoms in total. The lowest BCUT2D eigenvalue weighted by molar-refractivity contribution is -0.141. The largest absolute Gasteiger partial charge is 0.495 e. The molecule has 3 aromatic rings. The molecule has 0 radical (unpaired) electrons. The summed E-state index contributed by atoms with van der Waals surface area (Å²) in [6.07, 6.45) is 0.347. The highest BCUT2D eigenvalue weighted by Crippen LogP contribution is 2.33. The Hall–Kier alpha value is -3.85. The summed E-state index contributed by atoms with van der Waals surface area (Å²) in [4.78, 5) is 29.1. The van der Waals surface area contributed by atoms with Crippen LogP contribution in [0.3, 0.4) is 0 Å². The number of rotatable bonds is 11. The zero-order valence-corrected chi connectivity index (χ0v) is 24.9. The standard InChI is InChI=1S/C31H39N3O5S/c1-7-26(30(36)32-31(3,4)5)33(21-24-14-10-8-11-15-24)29(35)22-34(27-20-23(2)18-19-28(27)39-6)40(37,38)25-16-12-9-13-17-25/h8-20,26H,7,21-22H2,1-6H3,(H,32,36)/t26-/m0/s1. The van der Waals surface area contributed by atoms with Crippen molar-refractivity contribution in [3.8, 4) is 5.75 Å². The number of nitrogens with zero attached hydrogens (tertiary/aromatic N) is 2. The van der Waals surface area contributed by atoms with Crippen molar-refractivity contribution in [3.05, 3.63) is 90.0 Å². The number of sulfonamides is 1. The molecule has 3 rings (SSSR count). The molecule has 0 aromatic heterocycles. The number of methoxy groups -OCH3 is 1. The van der Waals surface area contributed by atoms with Crippen LogP contribution < -0.4 is 14.4 Å². The molecular formula is C31H39N3O5S. The van der Waals surface area contributed by atoms with E-state index in [9.17, 15) is 18.0 Å². The van der Waals surface area contributed by atoms with Gasteiger partial charge in [0.15, 0.2) is 0 Å². The molecule has 0 saturated heterocycles. The molecule has 0 aliphatic rings. The Morgan fingerprint density at radius 2 is 1.55 bits per heavy atom. The van der Waals surface area contributed by atoms with Gasteiger partial charge < -0.3 is 15.0 Å². The molecule has 0 saturated carbocycles. The lowest BCUT2D eigenvalue weighted by atomic mass is 10.1. The van der Waals surface area contributed by atoms with E-state index in [2.05, 4.69) is 5.32 Å². The fourth-order valence-electron chi connectivity index (χ4n) is 4.38. The summed E-state index contributed by atoms with van der Waals surface area (Å²) in [5.41, 5.74) is 1.35. The van der Waals surface area contributed by atoms with E-state index in [1.807, 2.05) is 71.0 Å². The van der Waals surface area contributed by atoms with Crippen LogP contribution in [-0.4, -0.2) is 50.4 Å². The van der Waals surface area contributed by atoms with Crippen LogP contribution >= 0.6 is 0 Å². The van der Waals surface area contributed by atoms with Gasteiger partial charge >= 0.3 is 0 Å². The summed E-state index contributed by atoms with van der Waals surface area (Å²) < 4.78 is 34.6. The molecule has 9 heteroatoms. The average molecular weight is 566 g/mol. The summed E-state index contributed by atoms with van der Waals surface area (Å²) in [6.45, 7) is 8.91. The van der Waals surface area contributed by atoms with Crippen molar-refractivity contribution >= 4 is 27.5 Å². The van der Waals surface area contributed by atoms with Gasteiger partial charge in [-0.1, -0.05) is 61.5 Å². The topological polar surface area (TPSA) is 96.0 Å². The van der Waals surface area contributed by atoms with Crippen molar-refractivity contribution in [1.82, 2.24) is 10.2 Å². The predicted octanol–water partition coefficient (Wildman–Crippen LogP) is 4.92. The number of anilines is 1. The van der Waals surface area contributed by atoms with Crippen LogP contribution in [0.15, 0.2) is 83.8 Å². The van der Waals surface area contributed by atoms with E-state index >= 15 is 0 Å². The highest BCUT2D eigenvalue weighted by atomic mass is 32.2. The van der Waals surface area contributed by atoms with Gasteiger partial charge in [0.1, 0.15) is 18.3 Å². The Kier molecular flexibility index (Phi) is 9.98. The molecule has 0 heterocycles. The van der Waals surface area contributed by atoms with Crippen LogP contribution in [0, 0.1) is 6.92 Å². The molecule has 0 fully saturated rings. The number of carbonyl (C=O) groups is 2. The number of benzene rings is 3. The lowest BCUT2D eigenvalue weighted by Crippen LogP contribution is -2.55. The number of carbonyl (C=O) groups excluding carboxylic acids is 2. The monoisotopic (exact) mass is 565 g/mol. The van der Waals surface area contributed by atoms with Crippen LogP contribution in [0.4, 0.5) is 5.69 Å². The van der Waals surface area contributed by atoms with Crippen molar-refractivity contribution in [1.29, 1.82) is 0 Å². The Labute approximate surface area is 238 Å². The maximum absolute atomic E-state index is 14.2. The number of aryl methyl sites for hydroxylation is 1. The molecule has 0 spiro atoms. The third-order valence-corrected chi connectivity index (χ3v) is 8.07. The molecule has 40 heavy (non-hydrogen) atoms. The van der Waals surface area contributed by atoms with Crippen LogP contribution in [0.5, 0.6) is 5.75 Å². The fourth-order valence-corrected chi connectivity index (χ4v) is 5.82. The number of amides is 2. The first-order valence-corrected chi connectivity index (χ1v) is 14.7. The summed E-state index contributed by atoms with van der Waals surface area (Å²) >= 11 is 0. The molecule has 3 aromatic carbocycles. The van der Waals surface area contributed by atoms with Crippen LogP contribution in [-0.2, 0) is 26.2 Å². The van der Waals surface area contributed by atoms with Crippen molar-refractivity contribution in [3.63, 3.8) is 0 Å². The smallest absolute Gasteiger partial charge is 0.264 e. The maximum atomic E-state index is 14.2. The molecule has 1 N–H and O–H groups in total. The minimum Gasteiger partial charge on any atom is -0.495 e. The SMILES string of the molecule is CC[C@@H](C(=O)NC(C)(C)C)N(Cc1ccccc1)C(=O)CN(c1cc(C)ccc1OC)S(=O)(=O)c1ccccc1. The van der Waals surface area contributed by atoms with E-state index in [1.165, 1.54) is 24.1 Å². The van der Waals surface area contributed by atoms with E-state index in [4.69, 9.17) is 4.74 Å². The normalized spacial score (nSPS) is 12.3. The van der Waals surface area contributed by atoms with Gasteiger partial charge in [0.05, 0.1) is 17.7 Å². The first-order valence-electron chi connectivity index (χ1n) is 13.2. The van der Waals surface area contributed by atoms with Gasteiger partial charge in [-0.3, -0.25) is 13.9 Å². The Morgan fingerprint density at radius 1 is 0.950 bits per heavy atom. The molecule has 2 amide bonds. The van der Waals surface area contributed by atoms with Crippen LogP contribution in [0.25, 0.3) is 0 Å². The zero-order chi connectivity index (χ0) is 29.5. The Morgan fingerprint density at radius 3 is 2.10 bits per heavy atom. The second kappa shape index (κ2) is 13.0. The second-order valence-corrected chi connectivity index (χ2v) is 12.5. The highest BCUT2D eigenvalue weighted by Gasteiger charge is 2.35. The molecule has 1 atom stereocenters. The third-order valence-electron chi connectivity index (χ3n) is 6.29. The molecular weight excluding hydrogens is 526 g/mol. The average Bonchev–Trinajstić information content (AvgIpc) is 2.91. The third kappa shape index (κ3) is 7.63. The summed E-state index contributed by atoms with van der Waals surface area (Å²) in [7, 11) is -2.73. The van der Waals surface area contributed by atoms with Gasteiger partial charge in [0, 0.05) is 12.1 Å². The number of ether oxygens (including phenoxy) is 1. The minimum atomic E-state index is -4.18. The first kappa shape index (κ1) is 30.7. The Balaban J connectivity index is 2.12. The van der Waals surface area contributed by atoms with E-state index in [0.29, 0.717) is 12.2 Å². The number of nitrogens with one attached hydrogen (secondary N) is 1. The Bertz CT molecular complexity index is 1400. The van der Waals surface area contributed by atoms with Crippen molar-refractivity contribution in [2.75, 3.05) is 18.0 Å². The van der Waals surface area contributed by atoms with Crippen molar-refractivity contribution < 1.29 is 22.7 Å². The van der Waals surface area contributed by atoms with Crippen LogP contribution in [0.1, 0.15) is 45.2 Å². The predicted molar refractivity (Wildman–Crippen MR) is 158 cm³/mol. The molecule has 0 bridgehead atoms. The van der Waals surface area contributed by atoms with Gasteiger partial charge in [-0.05, 0) is 69.5 Å². The highest BCUT2D eigenvalue weighted by molar-refractivity contribution is 7.92. The lowest BCUT2D eigenvalue weighted by Gasteiger charge is -2.35. The minimum absolute atomic E-state index is 0.0403. The summed E-state index contributed by atoms with van der Waals surface area (Å²) in [6, 6.07) is 21.6. The van der Waals surface area contributed by atoms with E-state index < -0.39 is 34.1 Å². The molecule has 0 aliphatic carbocycles. The van der Waals surface area contributed by atoms with Gasteiger partial charge in [0.25, 0.3) is 10.0 Å². The maximum Gasteiger partial charge on any atom is 0.264 e. The fraction of sp³-hybridized carbons (Fsp3) is 0.355. The van der Waals surface area contributed by atoms with Gasteiger partial charge in [-0.15, -0.1) is 0 Å². The van der Waals surface area contributed by atoms with E-state index in [1.54, 1.807) is 30.3 Å². The van der Waals surface area contributed by atoms with Crippen molar-refractivity contribution in [2.45, 2.75) is 64.1 Å². The van der Waals surface area contributed by atoms with Crippen LogP contribution in [0.2, 0.25) is 0 Å². The summed E-state index contributed by atoms with van der Waals surface area (Å²) in [5.74, 6) is -0.502. The summed E-state index contributed by atoms with van der Waals surface area (Å²) in [5, 5.41) is 2.97. The van der Waals surface area contributed by atoms with Gasteiger partial charge in [-0.2, -0.15) is 0 Å². The molecule has 0 aliphatic heterocycles. The van der Waals surface area contributed by atoms with Gasteiger partial charge in [-0.25, -0.2) is 8.42 Å². The van der Waals surface area contributed by atoms with Crippen molar-refractivity contribution in [2.24, 2.45) is 0 Å². The first-order chi connectivity index (χ1) is 18.9. The quantitative estimate of drug-likeness (QED) is 0.356. The number of hydrogen-bond acceptors (Lipinski definition) is 5. The molecule has 214 valence electrons. The zero-order valence-electron chi connectivity index (χ0n) is 24.0.